The number of rotatable bonds is 20. The number of anilines is 5. The van der Waals surface area contributed by atoms with Gasteiger partial charge in [0, 0.05) is 84.4 Å². The number of nitrogens with one attached hydrogen (secondary N) is 5. The van der Waals surface area contributed by atoms with E-state index in [4.69, 9.17) is 45.8 Å². The first kappa shape index (κ1) is 93.3. The Balaban J connectivity index is 0.000000125. The van der Waals surface area contributed by atoms with Crippen LogP contribution < -0.4 is 26.6 Å². The Morgan fingerprint density at radius 3 is 0.891 bits per heavy atom. The fraction of sp³-hybridized carbons (Fsp3) is 0.0947. The summed E-state index contributed by atoms with van der Waals surface area (Å²) in [4.78, 5) is 82.4. The molecule has 0 radical (unpaired) electrons. The summed E-state index contributed by atoms with van der Waals surface area (Å²) in [6.45, 7) is 6.90. The maximum absolute atomic E-state index is 13.7. The van der Waals surface area contributed by atoms with Crippen LogP contribution in [0.4, 0.5) is 41.6 Å². The highest BCUT2D eigenvalue weighted by molar-refractivity contribution is 7.08. The van der Waals surface area contributed by atoms with Gasteiger partial charge in [0.15, 0.2) is 0 Å². The maximum Gasteiger partial charge on any atom is 0.269 e. The molecule has 43 heteroatoms. The average molecular weight is 1910 g/mol. The Morgan fingerprint density at radius 1 is 0.326 bits per heavy atom. The molecule has 37 nitrogen and oxygen atoms in total. The molecule has 5 N–H and O–H groups in total. The summed E-state index contributed by atoms with van der Waals surface area (Å²) in [5.41, 5.74) is 15.8. The summed E-state index contributed by atoms with van der Waals surface area (Å²) in [6.07, 6.45) is 2.53. The van der Waals surface area contributed by atoms with Gasteiger partial charge in [-0.2, -0.15) is 50.4 Å². The van der Waals surface area contributed by atoms with E-state index in [0.717, 1.165) is 80.0 Å². The molecular weight excluding hydrogens is 1840 g/mol. The van der Waals surface area contributed by atoms with Crippen LogP contribution in [0.25, 0.3) is 114 Å². The summed E-state index contributed by atoms with van der Waals surface area (Å²) < 4.78 is 78.1. The van der Waals surface area contributed by atoms with Crippen molar-refractivity contribution in [3.63, 3.8) is 0 Å². The molecule has 0 spiro atoms. The van der Waals surface area contributed by atoms with E-state index in [9.17, 15) is 37.1 Å². The summed E-state index contributed by atoms with van der Waals surface area (Å²) in [7, 11) is 9.13. The number of halogens is 5. The van der Waals surface area contributed by atoms with Crippen LogP contribution >= 0.6 is 34.7 Å². The number of nitrogens with zero attached hydrogens (tertiary/aromatic N) is 22. The molecule has 0 atom stereocenters. The molecule has 11 aromatic heterocycles. The third kappa shape index (κ3) is 22.2. The minimum Gasteiger partial charge on any atom is -0.342 e. The van der Waals surface area contributed by atoms with Crippen LogP contribution in [0.15, 0.2) is 278 Å². The van der Waals surface area contributed by atoms with E-state index < -0.39 is 34.8 Å². The molecule has 20 aromatic rings. The average Bonchev–Trinajstić information content (AvgIpc) is 1.73. The number of aryl methyl sites for hydroxylation is 9. The third-order valence-electron chi connectivity index (χ3n) is 20.4. The molecule has 0 saturated carbocycles. The highest BCUT2D eigenvalue weighted by Crippen LogP contribution is 2.34. The topological polar surface area (TPSA) is 455 Å². The molecule has 0 saturated heterocycles. The van der Waals surface area contributed by atoms with Crippen LogP contribution in [0, 0.1) is 45.1 Å². The number of hydrogen-bond acceptors (Lipinski definition) is 28. The lowest BCUT2D eigenvalue weighted by Crippen LogP contribution is -2.15. The van der Waals surface area contributed by atoms with Crippen molar-refractivity contribution in [2.75, 3.05) is 26.6 Å². The zero-order valence-corrected chi connectivity index (χ0v) is 76.3. The van der Waals surface area contributed by atoms with Gasteiger partial charge in [-0.3, -0.25) is 47.4 Å². The molecule has 0 bridgehead atoms. The van der Waals surface area contributed by atoms with Crippen LogP contribution in [0.2, 0.25) is 10.0 Å². The van der Waals surface area contributed by atoms with Gasteiger partial charge in [0.05, 0.1) is 60.9 Å². The fourth-order valence-corrected chi connectivity index (χ4v) is 14.7. The summed E-state index contributed by atoms with van der Waals surface area (Å²) in [5.74, 6) is -0.957. The van der Waals surface area contributed by atoms with Crippen molar-refractivity contribution < 1.29 is 59.8 Å². The van der Waals surface area contributed by atoms with E-state index >= 15 is 0 Å². The molecule has 0 unspecified atom stereocenters. The summed E-state index contributed by atoms with van der Waals surface area (Å²) >= 11 is 13.2. The Morgan fingerprint density at radius 2 is 0.609 bits per heavy atom. The number of benzene rings is 9. The number of amides is 5. The van der Waals surface area contributed by atoms with Crippen LogP contribution in [0.3, 0.4) is 0 Å². The highest BCUT2D eigenvalue weighted by Gasteiger charge is 2.24. The Kier molecular flexibility index (Phi) is 28.3. The van der Waals surface area contributed by atoms with E-state index in [1.54, 1.807) is 155 Å². The van der Waals surface area contributed by atoms with Gasteiger partial charge in [-0.25, -0.2) is 13.2 Å². The van der Waals surface area contributed by atoms with Crippen molar-refractivity contribution in [1.82, 2.24) is 109 Å². The first-order chi connectivity index (χ1) is 66.7. The lowest BCUT2D eigenvalue weighted by atomic mass is 10.1. The molecule has 0 aliphatic rings. The molecule has 0 aliphatic carbocycles. The largest absolute Gasteiger partial charge is 0.342 e. The zero-order valence-electron chi connectivity index (χ0n) is 74.0. The predicted molar refractivity (Wildman–Crippen MR) is 504 cm³/mol. The number of carbonyl (C=O) groups excluding carboxylic acids is 5. The normalized spacial score (nSPS) is 10.8. The summed E-state index contributed by atoms with van der Waals surface area (Å²) in [5, 5.41) is 59.6. The van der Waals surface area contributed by atoms with E-state index in [0.29, 0.717) is 135 Å². The van der Waals surface area contributed by atoms with Gasteiger partial charge in [-0.15, -0.1) is 5.10 Å². The zero-order chi connectivity index (χ0) is 96.8. The lowest BCUT2D eigenvalue weighted by Gasteiger charge is -2.08. The number of aromatic nitrogens is 22. The van der Waals surface area contributed by atoms with Crippen LogP contribution in [0.5, 0.6) is 0 Å². The minimum atomic E-state index is -0.918. The molecule has 0 fully saturated rings. The van der Waals surface area contributed by atoms with Crippen LogP contribution in [-0.2, 0) is 35.2 Å². The van der Waals surface area contributed by atoms with E-state index in [1.807, 2.05) is 143 Å². The van der Waals surface area contributed by atoms with Crippen LogP contribution in [0.1, 0.15) is 74.5 Å². The second-order valence-electron chi connectivity index (χ2n) is 30.0. The van der Waals surface area contributed by atoms with Crippen molar-refractivity contribution in [1.29, 1.82) is 0 Å². The van der Waals surface area contributed by atoms with Gasteiger partial charge >= 0.3 is 0 Å². The van der Waals surface area contributed by atoms with Gasteiger partial charge < -0.3 is 49.2 Å². The summed E-state index contributed by atoms with van der Waals surface area (Å²) in [6, 6.07) is 68.7. The quantitative estimate of drug-likeness (QED) is 0.0473. The highest BCUT2D eigenvalue weighted by atomic mass is 35.5. The van der Waals surface area contributed by atoms with Crippen molar-refractivity contribution in [2.24, 2.45) is 35.2 Å². The fourth-order valence-electron chi connectivity index (χ4n) is 13.7. The Hall–Kier alpha value is -18.0. The SMILES string of the molecule is Cc1nc(-c2cc(-c3ccc(NC(=O)c4c(F)cccc4F)cc3)n(C)n2)no1.Cc1nc(-c2cc(-c3ccc(NC(=O)c4ccccc4Cl)cc3)n(C)n2)no1.Cc1nc(-c2cc(-c3ccc(NC(=O)c4ccccc4F)cc3)n(C)n2)no1.Cc1nnsc1C(=O)Nc1ccc(-c2cc(-c3ncon3)nn2C)cc1.Cn1nc(-c2ncon2)cc1-c1ccc(NC(=O)c2ccccc2Cl)cc1. The van der Waals surface area contributed by atoms with Crippen molar-refractivity contribution in [2.45, 2.75) is 27.7 Å². The molecule has 9 aromatic carbocycles. The molecule has 138 heavy (non-hydrogen) atoms. The molecule has 0 aliphatic heterocycles. The monoisotopic (exact) mass is 1910 g/mol. The van der Waals surface area contributed by atoms with Gasteiger partial charge in [0.1, 0.15) is 56.4 Å². The van der Waals surface area contributed by atoms with Gasteiger partial charge in [-0.05, 0) is 186 Å². The lowest BCUT2D eigenvalue weighted by molar-refractivity contribution is 0.101. The molecule has 20 rings (SSSR count). The van der Waals surface area contributed by atoms with Gasteiger partial charge in [0.2, 0.25) is 59.6 Å². The van der Waals surface area contributed by atoms with E-state index in [1.165, 1.54) is 31.0 Å². The van der Waals surface area contributed by atoms with Crippen LogP contribution in [-0.4, -0.2) is 139 Å². The second kappa shape index (κ2) is 41.8. The molecule has 5 amide bonds. The second-order valence-corrected chi connectivity index (χ2v) is 31.6. The predicted octanol–water partition coefficient (Wildman–Crippen LogP) is 18.8. The first-order valence-electron chi connectivity index (χ1n) is 41.4. The van der Waals surface area contributed by atoms with Gasteiger partial charge in [0.25, 0.3) is 29.5 Å². The van der Waals surface area contributed by atoms with Crippen molar-refractivity contribution in [3.8, 4) is 114 Å². The minimum absolute atomic E-state index is 0.00161. The van der Waals surface area contributed by atoms with Crippen molar-refractivity contribution >= 4 is 92.7 Å². The first-order valence-corrected chi connectivity index (χ1v) is 42.9. The standard InChI is InChI=1S/C20H16ClN5O2.C20H15F2N5O2.C20H16FN5O2.C19H14ClN5O2.C16H13N7O2S/c1-12-22-19(25-28-12)17-11-18(26(2)24-17)13-7-9-14(10-8-13)23-20(27)15-5-3-4-6-16(15)21;1-11-23-19(26-29-11)16-10-17(27(2)25-16)12-6-8-13(9-7-12)24-20(28)18-14(21)4-3-5-15(18)22;1-12-22-19(25-28-12)17-11-18(26(2)24-17)13-7-9-14(10-8-13)23-20(27)15-5-3-4-6-16(15)21;1-25-17(10-16(23-25)18-21-11-27-24-18)12-6-8-13(9-7-12)22-19(26)14-4-2-3-5-15(14)20;1-9-14(26-22-19-9)16(24)18-11-5-3-10(4-6-11)13-7-12(20-23(13)2)15-17-8-25-21-15/h3-11H,1-2H3,(H,23,27);3-10H,1-2H3,(H,24,28);3-11H,1-2H3,(H,23,27);2-11H,1H3,(H,22,26);3-8H,1-2H3,(H,18,24). The number of hydrogen-bond donors (Lipinski definition) is 5. The Labute approximate surface area is 793 Å². The van der Waals surface area contributed by atoms with E-state index in [2.05, 4.69) is 112 Å². The molecule has 11 heterocycles. The smallest absolute Gasteiger partial charge is 0.269 e. The van der Waals surface area contributed by atoms with Crippen molar-refractivity contribution in [3.05, 3.63) is 333 Å². The van der Waals surface area contributed by atoms with Gasteiger partial charge in [-0.1, -0.05) is 157 Å². The van der Waals surface area contributed by atoms with E-state index in [-0.39, 0.29) is 23.3 Å². The Bertz CT molecular complexity index is 7540. The third-order valence-corrected chi connectivity index (χ3v) is 21.9. The number of carbonyl (C=O) groups is 5. The molecular formula is C95H74Cl2F3N27O10S. The maximum atomic E-state index is 13.7. The molecule has 690 valence electrons.